The topological polar surface area (TPSA) is 29.9 Å². The van der Waals surface area contributed by atoms with Gasteiger partial charge in [-0.25, -0.2) is 4.39 Å². The highest BCUT2D eigenvalue weighted by molar-refractivity contribution is 6.30. The molecule has 0 amide bonds. The lowest BCUT2D eigenvalue weighted by atomic mass is 10.0. The maximum absolute atomic E-state index is 14.0. The molecule has 2 aromatic rings. The van der Waals surface area contributed by atoms with E-state index in [1.54, 1.807) is 18.2 Å². The van der Waals surface area contributed by atoms with E-state index >= 15 is 0 Å². The molecule has 0 aliphatic rings. The van der Waals surface area contributed by atoms with E-state index in [0.717, 1.165) is 17.9 Å². The maximum Gasteiger partial charge on any atom is 0.145 e. The van der Waals surface area contributed by atoms with Crippen molar-refractivity contribution in [2.45, 2.75) is 32.9 Å². The average molecular weight is 296 g/mol. The number of hydrogen-bond acceptors (Lipinski definition) is 2. The van der Waals surface area contributed by atoms with Crippen LogP contribution in [0, 0.1) is 12.7 Å². The molecule has 1 heterocycles. The van der Waals surface area contributed by atoms with Crippen molar-refractivity contribution in [3.8, 4) is 0 Å². The monoisotopic (exact) mass is 295 g/mol. The first kappa shape index (κ1) is 15.0. The third kappa shape index (κ3) is 3.02. The molecule has 1 N–H and O–H groups in total. The molecule has 0 radical (unpaired) electrons. The van der Waals surface area contributed by atoms with E-state index in [9.17, 15) is 4.39 Å². The molecule has 1 unspecified atom stereocenters. The van der Waals surface area contributed by atoms with Gasteiger partial charge >= 0.3 is 0 Å². The van der Waals surface area contributed by atoms with E-state index in [4.69, 9.17) is 11.6 Å². The van der Waals surface area contributed by atoms with Gasteiger partial charge in [0.05, 0.1) is 22.5 Å². The van der Waals surface area contributed by atoms with Crippen LogP contribution in [0.2, 0.25) is 5.02 Å². The van der Waals surface area contributed by atoms with Crippen molar-refractivity contribution in [1.29, 1.82) is 0 Å². The van der Waals surface area contributed by atoms with Gasteiger partial charge in [-0.2, -0.15) is 5.10 Å². The summed E-state index contributed by atoms with van der Waals surface area (Å²) in [6.07, 6.45) is 0.536. The highest BCUT2D eigenvalue weighted by Crippen LogP contribution is 2.24. The first-order chi connectivity index (χ1) is 9.56. The number of hydrogen-bond donors (Lipinski definition) is 1. The van der Waals surface area contributed by atoms with Crippen LogP contribution in [0.5, 0.6) is 0 Å². The van der Waals surface area contributed by atoms with Gasteiger partial charge in [-0.05, 0) is 45.0 Å². The summed E-state index contributed by atoms with van der Waals surface area (Å²) in [6.45, 7) is 4.80. The Morgan fingerprint density at radius 1 is 1.45 bits per heavy atom. The Kier molecular flexibility index (Phi) is 4.78. The quantitative estimate of drug-likeness (QED) is 0.915. The van der Waals surface area contributed by atoms with Crippen molar-refractivity contribution in [3.05, 3.63) is 52.1 Å². The van der Waals surface area contributed by atoms with Crippen molar-refractivity contribution in [2.24, 2.45) is 0 Å². The van der Waals surface area contributed by atoms with Gasteiger partial charge in [0.2, 0.25) is 0 Å². The van der Waals surface area contributed by atoms with Gasteiger partial charge in [0.25, 0.3) is 0 Å². The lowest BCUT2D eigenvalue weighted by Crippen LogP contribution is -2.22. The van der Waals surface area contributed by atoms with E-state index in [1.807, 2.05) is 31.6 Å². The van der Waals surface area contributed by atoms with Crippen molar-refractivity contribution in [3.63, 3.8) is 0 Å². The average Bonchev–Trinajstić information content (AvgIpc) is 2.81. The second kappa shape index (κ2) is 6.37. The number of rotatable bonds is 5. The molecule has 5 heteroatoms. The molecule has 1 aromatic carbocycles. The van der Waals surface area contributed by atoms with Gasteiger partial charge < -0.3 is 5.32 Å². The SMILES string of the molecule is CCn1nc(C)cc1C(Cc1cccc(Cl)c1F)NC. The van der Waals surface area contributed by atoms with E-state index in [2.05, 4.69) is 10.4 Å². The molecule has 1 atom stereocenters. The van der Waals surface area contributed by atoms with Crippen LogP contribution in [0.4, 0.5) is 4.39 Å². The van der Waals surface area contributed by atoms with Gasteiger partial charge in [-0.3, -0.25) is 4.68 Å². The summed E-state index contributed by atoms with van der Waals surface area (Å²) in [5, 5.41) is 7.83. The molecule has 0 fully saturated rings. The first-order valence-electron chi connectivity index (χ1n) is 6.71. The number of aryl methyl sites for hydroxylation is 2. The summed E-state index contributed by atoms with van der Waals surface area (Å²) < 4.78 is 16.0. The van der Waals surface area contributed by atoms with E-state index in [0.29, 0.717) is 12.0 Å². The Labute approximate surface area is 123 Å². The van der Waals surface area contributed by atoms with E-state index in [1.165, 1.54) is 0 Å². The second-order valence-electron chi connectivity index (χ2n) is 4.78. The Hall–Kier alpha value is -1.39. The zero-order valence-corrected chi connectivity index (χ0v) is 12.7. The first-order valence-corrected chi connectivity index (χ1v) is 7.09. The predicted molar refractivity (Wildman–Crippen MR) is 79.6 cm³/mol. The van der Waals surface area contributed by atoms with Crippen molar-refractivity contribution < 1.29 is 4.39 Å². The Balaban J connectivity index is 2.31. The van der Waals surface area contributed by atoms with Crippen LogP contribution < -0.4 is 5.32 Å². The molecule has 0 saturated heterocycles. The third-order valence-corrected chi connectivity index (χ3v) is 3.69. The highest BCUT2D eigenvalue weighted by atomic mass is 35.5. The molecule has 0 bridgehead atoms. The summed E-state index contributed by atoms with van der Waals surface area (Å²) in [5.41, 5.74) is 2.64. The van der Waals surface area contributed by atoms with Crippen LogP contribution >= 0.6 is 11.6 Å². The number of nitrogens with one attached hydrogen (secondary N) is 1. The lowest BCUT2D eigenvalue weighted by molar-refractivity contribution is 0.501. The molecule has 3 nitrogen and oxygen atoms in total. The number of likely N-dealkylation sites (N-methyl/N-ethyl adjacent to an activating group) is 1. The summed E-state index contributed by atoms with van der Waals surface area (Å²) >= 11 is 5.84. The molecular weight excluding hydrogens is 277 g/mol. The van der Waals surface area contributed by atoms with Gasteiger partial charge in [0, 0.05) is 6.54 Å². The normalized spacial score (nSPS) is 12.7. The molecule has 20 heavy (non-hydrogen) atoms. The number of aromatic nitrogens is 2. The highest BCUT2D eigenvalue weighted by Gasteiger charge is 2.18. The number of benzene rings is 1. The third-order valence-electron chi connectivity index (χ3n) is 3.39. The van der Waals surface area contributed by atoms with E-state index in [-0.39, 0.29) is 16.9 Å². The van der Waals surface area contributed by atoms with Gasteiger partial charge in [-0.15, -0.1) is 0 Å². The zero-order chi connectivity index (χ0) is 14.7. The minimum Gasteiger partial charge on any atom is -0.311 e. The number of halogens is 2. The fraction of sp³-hybridized carbons (Fsp3) is 0.400. The molecule has 0 aliphatic carbocycles. The minimum absolute atomic E-state index is 0.00381. The molecular formula is C15H19ClFN3. The van der Waals surface area contributed by atoms with Crippen LogP contribution in [0.1, 0.15) is 29.9 Å². The number of nitrogens with zero attached hydrogens (tertiary/aromatic N) is 2. The van der Waals surface area contributed by atoms with Crippen LogP contribution in [0.15, 0.2) is 24.3 Å². The molecule has 0 saturated carbocycles. The smallest absolute Gasteiger partial charge is 0.145 e. The maximum atomic E-state index is 14.0. The Morgan fingerprint density at radius 2 is 2.20 bits per heavy atom. The molecule has 108 valence electrons. The lowest BCUT2D eigenvalue weighted by Gasteiger charge is -2.18. The van der Waals surface area contributed by atoms with Crippen LogP contribution in [0.3, 0.4) is 0 Å². The van der Waals surface area contributed by atoms with Gasteiger partial charge in [0.1, 0.15) is 5.82 Å². The second-order valence-corrected chi connectivity index (χ2v) is 5.19. The van der Waals surface area contributed by atoms with Crippen molar-refractivity contribution >= 4 is 11.6 Å². The summed E-state index contributed by atoms with van der Waals surface area (Å²) in [5.74, 6) is -0.339. The van der Waals surface area contributed by atoms with E-state index < -0.39 is 0 Å². The molecule has 2 rings (SSSR count). The molecule has 0 spiro atoms. The fourth-order valence-electron chi connectivity index (χ4n) is 2.38. The molecule has 1 aromatic heterocycles. The van der Waals surface area contributed by atoms with Crippen LogP contribution in [-0.2, 0) is 13.0 Å². The van der Waals surface area contributed by atoms with Crippen LogP contribution in [0.25, 0.3) is 0 Å². The summed E-state index contributed by atoms with van der Waals surface area (Å²) in [7, 11) is 1.87. The molecule has 0 aliphatic heterocycles. The summed E-state index contributed by atoms with van der Waals surface area (Å²) in [4.78, 5) is 0. The van der Waals surface area contributed by atoms with Crippen molar-refractivity contribution in [1.82, 2.24) is 15.1 Å². The zero-order valence-electron chi connectivity index (χ0n) is 12.0. The predicted octanol–water partition coefficient (Wildman–Crippen LogP) is 3.51. The standard InChI is InChI=1S/C15H19ClFN3/c1-4-20-14(8-10(2)19-20)13(18-3)9-11-6-5-7-12(16)15(11)17/h5-8,13,18H,4,9H2,1-3H3. The minimum atomic E-state index is -0.339. The largest absolute Gasteiger partial charge is 0.311 e. The summed E-state index contributed by atoms with van der Waals surface area (Å²) in [6, 6.07) is 7.15. The van der Waals surface area contributed by atoms with Crippen molar-refractivity contribution in [2.75, 3.05) is 7.05 Å². The Bertz CT molecular complexity index is 595. The van der Waals surface area contributed by atoms with Gasteiger partial charge in [-0.1, -0.05) is 23.7 Å². The Morgan fingerprint density at radius 3 is 2.85 bits per heavy atom. The van der Waals surface area contributed by atoms with Gasteiger partial charge in [0.15, 0.2) is 0 Å². The fourth-order valence-corrected chi connectivity index (χ4v) is 2.57. The van der Waals surface area contributed by atoms with Crippen LogP contribution in [-0.4, -0.2) is 16.8 Å².